The predicted octanol–water partition coefficient (Wildman–Crippen LogP) is 1.10. The van der Waals surface area contributed by atoms with E-state index >= 15 is 0 Å². The monoisotopic (exact) mass is 480 g/mol. The van der Waals surface area contributed by atoms with Crippen LogP contribution >= 0.6 is 7.82 Å². The highest BCUT2D eigenvalue weighted by atomic mass is 31.2. The zero-order valence-corrected chi connectivity index (χ0v) is 18.5. The molecule has 0 bridgehead atoms. The van der Waals surface area contributed by atoms with Gasteiger partial charge in [-0.25, -0.2) is 14.2 Å². The summed E-state index contributed by atoms with van der Waals surface area (Å²) in [6, 6.07) is 5.61. The molecule has 33 heavy (non-hydrogen) atoms. The lowest BCUT2D eigenvalue weighted by Gasteiger charge is -2.18. The summed E-state index contributed by atoms with van der Waals surface area (Å²) in [5.41, 5.74) is -0.678. The molecule has 1 unspecified atom stereocenters. The molecule has 2 aromatic heterocycles. The van der Waals surface area contributed by atoms with Gasteiger partial charge in [-0.05, 0) is 31.5 Å². The van der Waals surface area contributed by atoms with Crippen LogP contribution in [0.3, 0.4) is 0 Å². The first-order valence-corrected chi connectivity index (χ1v) is 11.4. The second-order valence-corrected chi connectivity index (χ2v) is 9.05. The van der Waals surface area contributed by atoms with Gasteiger partial charge in [0.1, 0.15) is 23.7 Å². The van der Waals surface area contributed by atoms with Crippen LogP contribution in [0.5, 0.6) is 5.75 Å². The Kier molecular flexibility index (Phi) is 6.12. The van der Waals surface area contributed by atoms with Crippen molar-refractivity contribution in [3.63, 3.8) is 0 Å². The Bertz CT molecular complexity index is 1420. The van der Waals surface area contributed by atoms with Crippen molar-refractivity contribution in [2.45, 2.75) is 38.7 Å². The van der Waals surface area contributed by atoms with Crippen LogP contribution in [0.25, 0.3) is 11.0 Å². The Hall–Kier alpha value is -3.02. The van der Waals surface area contributed by atoms with Gasteiger partial charge < -0.3 is 18.8 Å². The lowest BCUT2D eigenvalue weighted by molar-refractivity contribution is -0.0447. The second kappa shape index (κ2) is 8.73. The van der Waals surface area contributed by atoms with Crippen molar-refractivity contribution in [3.05, 3.63) is 72.8 Å². The predicted molar refractivity (Wildman–Crippen MR) is 114 cm³/mol. The molecule has 0 aliphatic carbocycles. The fraction of sp³-hybridized carbons (Fsp3) is 0.350. The van der Waals surface area contributed by atoms with Crippen molar-refractivity contribution in [1.82, 2.24) is 9.55 Å². The van der Waals surface area contributed by atoms with Gasteiger partial charge in [-0.2, -0.15) is 0 Å². The number of aromatic nitrogens is 2. The topological polar surface area (TPSA) is 170 Å². The number of fused-ring (bicyclic) bond motifs is 1. The Morgan fingerprint density at radius 2 is 1.97 bits per heavy atom. The zero-order valence-electron chi connectivity index (χ0n) is 17.6. The van der Waals surface area contributed by atoms with Crippen LogP contribution in [0.2, 0.25) is 0 Å². The van der Waals surface area contributed by atoms with Gasteiger partial charge in [0.05, 0.1) is 12.7 Å². The number of H-pyrrole nitrogens is 1. The van der Waals surface area contributed by atoms with Crippen molar-refractivity contribution in [3.8, 4) is 5.75 Å². The summed E-state index contributed by atoms with van der Waals surface area (Å²) in [6.07, 6.45) is -1.73. The number of aryl methyl sites for hydroxylation is 2. The van der Waals surface area contributed by atoms with Gasteiger partial charge in [-0.1, -0.05) is 0 Å². The first-order chi connectivity index (χ1) is 15.5. The minimum absolute atomic E-state index is 0.000930. The number of nitrogens with zero attached hydrogens (tertiary/aromatic N) is 1. The molecular formula is C20H21N2O10P. The largest absolute Gasteiger partial charge is 0.527 e. The van der Waals surface area contributed by atoms with Crippen LogP contribution in [-0.4, -0.2) is 38.4 Å². The number of hydrogen-bond donors (Lipinski definition) is 3. The average molecular weight is 480 g/mol. The number of phosphoric acid groups is 1. The third-order valence-corrected chi connectivity index (χ3v) is 6.12. The molecule has 0 saturated carbocycles. The normalized spacial score (nSPS) is 22.4. The number of aliphatic hydroxyl groups is 1. The van der Waals surface area contributed by atoms with E-state index in [1.807, 2.05) is 0 Å². The number of rotatable bonds is 6. The van der Waals surface area contributed by atoms with Crippen molar-refractivity contribution in [1.29, 1.82) is 0 Å². The molecule has 1 aromatic carbocycles. The average Bonchev–Trinajstić information content (AvgIpc) is 3.09. The van der Waals surface area contributed by atoms with Gasteiger partial charge in [0, 0.05) is 35.7 Å². The highest BCUT2D eigenvalue weighted by Crippen LogP contribution is 2.45. The maximum absolute atomic E-state index is 12.4. The lowest BCUT2D eigenvalue weighted by atomic mass is 10.1. The van der Waals surface area contributed by atoms with Gasteiger partial charge in [-0.3, -0.25) is 23.8 Å². The minimum atomic E-state index is -4.64. The zero-order chi connectivity index (χ0) is 23.9. The number of phosphoric ester groups is 1. The molecule has 1 fully saturated rings. The molecule has 0 spiro atoms. The maximum Gasteiger partial charge on any atom is 0.527 e. The molecule has 4 rings (SSSR count). The maximum atomic E-state index is 12.4. The summed E-state index contributed by atoms with van der Waals surface area (Å²) in [6.45, 7) is 2.73. The van der Waals surface area contributed by atoms with Gasteiger partial charge >= 0.3 is 19.1 Å². The van der Waals surface area contributed by atoms with Gasteiger partial charge in [0.2, 0.25) is 0 Å². The number of aromatic amines is 1. The van der Waals surface area contributed by atoms with E-state index in [1.54, 1.807) is 13.0 Å². The Labute approximate surface area is 185 Å². The molecule has 13 heteroatoms. The van der Waals surface area contributed by atoms with Crippen molar-refractivity contribution >= 4 is 18.8 Å². The molecule has 1 aliphatic rings. The Morgan fingerprint density at radius 1 is 1.21 bits per heavy atom. The minimum Gasteiger partial charge on any atom is -0.423 e. The van der Waals surface area contributed by atoms with Crippen molar-refractivity contribution in [2.24, 2.45) is 0 Å². The van der Waals surface area contributed by atoms with Gasteiger partial charge in [0.25, 0.3) is 5.56 Å². The van der Waals surface area contributed by atoms with Crippen LogP contribution in [0, 0.1) is 13.8 Å². The van der Waals surface area contributed by atoms with E-state index in [2.05, 4.69) is 4.98 Å². The van der Waals surface area contributed by atoms with E-state index in [0.717, 1.165) is 4.57 Å². The molecule has 4 atom stereocenters. The summed E-state index contributed by atoms with van der Waals surface area (Å²) in [5.74, 6) is -0.0666. The van der Waals surface area contributed by atoms with E-state index in [0.29, 0.717) is 10.9 Å². The van der Waals surface area contributed by atoms with Crippen LogP contribution < -0.4 is 21.4 Å². The van der Waals surface area contributed by atoms with Crippen LogP contribution in [0.4, 0.5) is 0 Å². The fourth-order valence-corrected chi connectivity index (χ4v) is 4.29. The first kappa shape index (κ1) is 23.1. The highest BCUT2D eigenvalue weighted by molar-refractivity contribution is 7.47. The number of hydrogen-bond acceptors (Lipinski definition) is 9. The molecule has 1 aliphatic heterocycles. The number of nitrogens with one attached hydrogen (secondary N) is 1. The smallest absolute Gasteiger partial charge is 0.423 e. The molecule has 3 N–H and O–H groups in total. The third-order valence-electron chi connectivity index (χ3n) is 5.21. The number of aliphatic hydroxyl groups excluding tert-OH is 1. The fourth-order valence-electron chi connectivity index (χ4n) is 3.53. The van der Waals surface area contributed by atoms with Crippen LogP contribution in [0.15, 0.2) is 49.3 Å². The van der Waals surface area contributed by atoms with Crippen LogP contribution in [-0.2, 0) is 13.8 Å². The molecule has 0 radical (unpaired) electrons. The molecule has 3 heterocycles. The Morgan fingerprint density at radius 3 is 2.73 bits per heavy atom. The van der Waals surface area contributed by atoms with E-state index in [4.69, 9.17) is 18.2 Å². The van der Waals surface area contributed by atoms with Crippen molar-refractivity contribution < 1.29 is 32.8 Å². The lowest BCUT2D eigenvalue weighted by Crippen LogP contribution is -2.33. The Balaban J connectivity index is 1.43. The molecule has 176 valence electrons. The van der Waals surface area contributed by atoms with Gasteiger partial charge in [-0.15, -0.1) is 0 Å². The third kappa shape index (κ3) is 5.00. The number of benzene rings is 1. The second-order valence-electron chi connectivity index (χ2n) is 7.67. The molecular weight excluding hydrogens is 459 g/mol. The SMILES string of the molecule is Cc1cn([C@H]2C[C@H](O)[C@@H](COP(=O)(O)Oc3ccc4c(C)cc(=O)oc4c3)O2)c(=O)[nH]c1=O. The standard InChI is InChI=1S/C20H21N2O10P/c1-10-5-18(24)31-15-6-12(3-4-13(10)15)32-33(27,28)29-9-16-14(23)7-17(30-16)22-8-11(2)19(25)21-20(22)26/h3-6,8,14,16-17,23H,7,9H2,1-2H3,(H,27,28)(H,21,25,26)/t14-,16+,17+/m0/s1. The molecule has 0 amide bonds. The first-order valence-electron chi connectivity index (χ1n) is 9.89. The van der Waals surface area contributed by atoms with E-state index in [1.165, 1.54) is 31.3 Å². The summed E-state index contributed by atoms with van der Waals surface area (Å²) in [4.78, 5) is 47.3. The van der Waals surface area contributed by atoms with Crippen LogP contribution in [0.1, 0.15) is 23.8 Å². The van der Waals surface area contributed by atoms with E-state index in [9.17, 15) is 28.9 Å². The summed E-state index contributed by atoms with van der Waals surface area (Å²) in [5, 5.41) is 10.9. The van der Waals surface area contributed by atoms with Crippen molar-refractivity contribution in [2.75, 3.05) is 6.61 Å². The van der Waals surface area contributed by atoms with E-state index in [-0.39, 0.29) is 23.3 Å². The summed E-state index contributed by atoms with van der Waals surface area (Å²) in [7, 11) is -4.64. The quantitative estimate of drug-likeness (QED) is 0.343. The number of ether oxygens (including phenoxy) is 1. The molecule has 3 aromatic rings. The highest BCUT2D eigenvalue weighted by Gasteiger charge is 2.38. The van der Waals surface area contributed by atoms with Gasteiger partial charge in [0.15, 0.2) is 0 Å². The molecule has 12 nitrogen and oxygen atoms in total. The summed E-state index contributed by atoms with van der Waals surface area (Å²) >= 11 is 0. The molecule has 1 saturated heterocycles. The van der Waals surface area contributed by atoms with E-state index < -0.39 is 49.7 Å². The summed E-state index contributed by atoms with van der Waals surface area (Å²) < 4.78 is 34.2.